The summed E-state index contributed by atoms with van der Waals surface area (Å²) in [5.74, 6) is -3.22. The van der Waals surface area contributed by atoms with Crippen LogP contribution in [-0.4, -0.2) is 42.4 Å². The number of anilines is 1. The molecule has 1 aliphatic rings. The molecule has 0 aliphatic carbocycles. The van der Waals surface area contributed by atoms with Crippen LogP contribution in [0.5, 0.6) is 0 Å². The number of carbonyl (C=O) groups excluding carboxylic acids is 2. The zero-order valence-corrected chi connectivity index (χ0v) is 19.6. The van der Waals surface area contributed by atoms with Crippen LogP contribution in [0.2, 0.25) is 5.02 Å². The number of piperidine rings is 1. The van der Waals surface area contributed by atoms with Gasteiger partial charge in [-0.25, -0.2) is 8.78 Å². The van der Waals surface area contributed by atoms with Crippen molar-refractivity contribution in [2.24, 2.45) is 5.92 Å². The van der Waals surface area contributed by atoms with Gasteiger partial charge in [0, 0.05) is 48.6 Å². The number of carboxylic acids is 1. The zero-order valence-electron chi connectivity index (χ0n) is 18.9. The monoisotopic (exact) mass is 492 g/mol. The lowest BCUT2D eigenvalue weighted by Crippen LogP contribution is -2.35. The number of rotatable bonds is 9. The predicted molar refractivity (Wildman–Crippen MR) is 126 cm³/mol. The average Bonchev–Trinajstić information content (AvgIpc) is 2.78. The highest BCUT2D eigenvalue weighted by Gasteiger charge is 2.26. The third-order valence-corrected chi connectivity index (χ3v) is 6.44. The fourth-order valence-electron chi connectivity index (χ4n) is 4.12. The average molecular weight is 493 g/mol. The molecular formula is C25H27ClF2N2O4. The van der Waals surface area contributed by atoms with Gasteiger partial charge in [-0.05, 0) is 68.0 Å². The Bertz CT molecular complexity index is 1060. The molecule has 1 heterocycles. The SMILES string of the molecule is Cc1cc(C(=O)NCCCC(=O)c2cc(F)c(N3CCC(CC(=O)O)CC3)c(F)c2)ccc1Cl. The number of nitrogens with one attached hydrogen (secondary N) is 1. The summed E-state index contributed by atoms with van der Waals surface area (Å²) in [4.78, 5) is 37.1. The van der Waals surface area contributed by atoms with E-state index >= 15 is 0 Å². The minimum absolute atomic E-state index is 0.00932. The minimum atomic E-state index is -0.877. The molecule has 34 heavy (non-hydrogen) atoms. The van der Waals surface area contributed by atoms with Gasteiger partial charge in [-0.15, -0.1) is 0 Å². The highest BCUT2D eigenvalue weighted by atomic mass is 35.5. The van der Waals surface area contributed by atoms with Crippen molar-refractivity contribution in [1.82, 2.24) is 5.32 Å². The second kappa shape index (κ2) is 11.4. The first-order valence-electron chi connectivity index (χ1n) is 11.2. The number of hydrogen-bond donors (Lipinski definition) is 2. The molecule has 0 atom stereocenters. The molecule has 0 bridgehead atoms. The second-order valence-electron chi connectivity index (χ2n) is 8.56. The Hall–Kier alpha value is -3.00. The summed E-state index contributed by atoms with van der Waals surface area (Å²) in [6.45, 7) is 2.74. The fourth-order valence-corrected chi connectivity index (χ4v) is 4.24. The molecule has 2 aromatic carbocycles. The van der Waals surface area contributed by atoms with E-state index in [0.29, 0.717) is 42.9 Å². The molecule has 1 fully saturated rings. The molecule has 1 amide bonds. The van der Waals surface area contributed by atoms with E-state index in [1.54, 1.807) is 30.0 Å². The smallest absolute Gasteiger partial charge is 0.303 e. The second-order valence-corrected chi connectivity index (χ2v) is 8.97. The number of carbonyl (C=O) groups is 3. The summed E-state index contributed by atoms with van der Waals surface area (Å²) in [5.41, 5.74) is 0.997. The first-order valence-corrected chi connectivity index (χ1v) is 11.6. The van der Waals surface area contributed by atoms with Gasteiger partial charge in [-0.1, -0.05) is 11.6 Å². The van der Waals surface area contributed by atoms with Crippen LogP contribution in [0.25, 0.3) is 0 Å². The molecule has 182 valence electrons. The topological polar surface area (TPSA) is 86.7 Å². The number of ketones is 1. The van der Waals surface area contributed by atoms with Gasteiger partial charge in [0.05, 0.1) is 0 Å². The van der Waals surface area contributed by atoms with Gasteiger partial charge in [-0.2, -0.15) is 0 Å². The normalized spacial score (nSPS) is 14.2. The van der Waals surface area contributed by atoms with Crippen molar-refractivity contribution in [3.63, 3.8) is 0 Å². The van der Waals surface area contributed by atoms with Crippen molar-refractivity contribution < 1.29 is 28.3 Å². The van der Waals surface area contributed by atoms with Crippen LogP contribution in [0.4, 0.5) is 14.5 Å². The van der Waals surface area contributed by atoms with Crippen LogP contribution >= 0.6 is 11.6 Å². The van der Waals surface area contributed by atoms with Crippen LogP contribution in [-0.2, 0) is 4.79 Å². The Kier molecular flexibility index (Phi) is 8.61. The van der Waals surface area contributed by atoms with E-state index in [9.17, 15) is 23.2 Å². The number of carboxylic acid groups (broad SMARTS) is 1. The van der Waals surface area contributed by atoms with Gasteiger partial charge < -0.3 is 15.3 Å². The lowest BCUT2D eigenvalue weighted by molar-refractivity contribution is -0.138. The van der Waals surface area contributed by atoms with E-state index in [4.69, 9.17) is 16.7 Å². The maximum Gasteiger partial charge on any atom is 0.303 e. The first-order chi connectivity index (χ1) is 16.2. The number of amides is 1. The Balaban J connectivity index is 1.52. The van der Waals surface area contributed by atoms with E-state index in [1.165, 1.54) is 0 Å². The molecule has 3 rings (SSSR count). The standard InChI is InChI=1S/C25H27ClF2N2O4/c1-15-11-17(4-5-19(15)26)25(34)29-8-2-3-22(31)18-13-20(27)24(21(28)14-18)30-9-6-16(7-10-30)12-23(32)33/h4-5,11,13-14,16H,2-3,6-10,12H2,1H3,(H,29,34)(H,32,33). The van der Waals surface area contributed by atoms with Crippen LogP contribution < -0.4 is 10.2 Å². The van der Waals surface area contributed by atoms with E-state index in [1.807, 2.05) is 0 Å². The molecule has 6 nitrogen and oxygen atoms in total. The third-order valence-electron chi connectivity index (χ3n) is 6.02. The van der Waals surface area contributed by atoms with Crippen molar-refractivity contribution in [2.45, 2.75) is 39.0 Å². The molecule has 0 saturated carbocycles. The Morgan fingerprint density at radius 3 is 2.32 bits per heavy atom. The molecule has 9 heteroatoms. The summed E-state index contributed by atoms with van der Waals surface area (Å²) in [7, 11) is 0. The number of benzene rings is 2. The maximum atomic E-state index is 14.7. The van der Waals surface area contributed by atoms with Gasteiger partial charge in [0.1, 0.15) is 17.3 Å². The minimum Gasteiger partial charge on any atom is -0.481 e. The molecule has 0 radical (unpaired) electrons. The molecule has 0 spiro atoms. The van der Waals surface area contributed by atoms with Crippen LogP contribution in [0, 0.1) is 24.5 Å². The summed E-state index contributed by atoms with van der Waals surface area (Å²) < 4.78 is 29.4. The highest BCUT2D eigenvalue weighted by molar-refractivity contribution is 6.31. The number of halogens is 3. The van der Waals surface area contributed by atoms with Crippen molar-refractivity contribution in [3.05, 3.63) is 63.7 Å². The number of Topliss-reactive ketones (excluding diaryl/α,β-unsaturated/α-hetero) is 1. The number of aryl methyl sites for hydroxylation is 1. The van der Waals surface area contributed by atoms with Crippen LogP contribution in [0.3, 0.4) is 0 Å². The van der Waals surface area contributed by atoms with E-state index in [-0.39, 0.29) is 42.5 Å². The van der Waals surface area contributed by atoms with Crippen molar-refractivity contribution in [2.75, 3.05) is 24.5 Å². The molecule has 2 N–H and O–H groups in total. The van der Waals surface area contributed by atoms with Gasteiger partial charge >= 0.3 is 5.97 Å². The van der Waals surface area contributed by atoms with Crippen LogP contribution in [0.15, 0.2) is 30.3 Å². The molecular weight excluding hydrogens is 466 g/mol. The number of aliphatic carboxylic acids is 1. The molecule has 0 aromatic heterocycles. The highest BCUT2D eigenvalue weighted by Crippen LogP contribution is 2.30. The Morgan fingerprint density at radius 2 is 1.74 bits per heavy atom. The largest absolute Gasteiger partial charge is 0.481 e. The van der Waals surface area contributed by atoms with Gasteiger partial charge in [0.2, 0.25) is 0 Å². The zero-order chi connectivity index (χ0) is 24.8. The lowest BCUT2D eigenvalue weighted by Gasteiger charge is -2.33. The van der Waals surface area contributed by atoms with Gasteiger partial charge in [0.25, 0.3) is 5.91 Å². The third kappa shape index (κ3) is 6.53. The number of hydrogen-bond acceptors (Lipinski definition) is 4. The van der Waals surface area contributed by atoms with E-state index in [2.05, 4.69) is 5.32 Å². The van der Waals surface area contributed by atoms with Crippen molar-refractivity contribution >= 4 is 34.9 Å². The quantitative estimate of drug-likeness (QED) is 0.379. The predicted octanol–water partition coefficient (Wildman–Crippen LogP) is 5.01. The van der Waals surface area contributed by atoms with E-state index < -0.39 is 23.4 Å². The summed E-state index contributed by atoms with van der Waals surface area (Å²) in [6.07, 6.45) is 1.46. The molecule has 2 aromatic rings. The summed E-state index contributed by atoms with van der Waals surface area (Å²) >= 11 is 5.96. The van der Waals surface area contributed by atoms with Crippen LogP contribution in [0.1, 0.15) is 58.4 Å². The number of nitrogens with zero attached hydrogens (tertiary/aromatic N) is 1. The summed E-state index contributed by atoms with van der Waals surface area (Å²) in [6, 6.07) is 7.00. The Labute approximate surface area is 201 Å². The first kappa shape index (κ1) is 25.6. The molecule has 1 aliphatic heterocycles. The van der Waals surface area contributed by atoms with Gasteiger partial charge in [-0.3, -0.25) is 14.4 Å². The van der Waals surface area contributed by atoms with Crippen molar-refractivity contribution in [3.8, 4) is 0 Å². The summed E-state index contributed by atoms with van der Waals surface area (Å²) in [5, 5.41) is 12.2. The molecule has 1 saturated heterocycles. The van der Waals surface area contributed by atoms with Gasteiger partial charge in [0.15, 0.2) is 5.78 Å². The van der Waals surface area contributed by atoms with E-state index in [0.717, 1.165) is 17.7 Å². The maximum absolute atomic E-state index is 14.7. The lowest BCUT2D eigenvalue weighted by atomic mass is 9.93. The Morgan fingerprint density at radius 1 is 1.09 bits per heavy atom. The van der Waals surface area contributed by atoms with Crippen molar-refractivity contribution in [1.29, 1.82) is 0 Å². The fraction of sp³-hybridized carbons (Fsp3) is 0.400. The molecule has 0 unspecified atom stereocenters.